The summed E-state index contributed by atoms with van der Waals surface area (Å²) in [7, 11) is -5.88. The molecule has 1 aromatic rings. The highest BCUT2D eigenvalue weighted by Crippen LogP contribution is 2.40. The number of carbonyl (C=O) groups excluding carboxylic acids is 1. The van der Waals surface area contributed by atoms with Crippen LogP contribution in [-0.4, -0.2) is 63.8 Å². The molecule has 0 bridgehead atoms. The maximum Gasteiger partial charge on any atom is 0.410 e. The summed E-state index contributed by atoms with van der Waals surface area (Å²) in [5, 5.41) is 11.1. The van der Waals surface area contributed by atoms with Crippen LogP contribution >= 0.6 is 0 Å². The fourth-order valence-electron chi connectivity index (χ4n) is 4.08. The molecule has 1 amide bonds. The van der Waals surface area contributed by atoms with Gasteiger partial charge in [-0.15, -0.1) is 0 Å². The molecule has 0 spiro atoms. The van der Waals surface area contributed by atoms with E-state index >= 15 is 0 Å². The minimum atomic E-state index is -4.32. The predicted octanol–water partition coefficient (Wildman–Crippen LogP) is 4.73. The molecule has 1 aliphatic rings. The zero-order valence-electron chi connectivity index (χ0n) is 22.7. The highest BCUT2D eigenvalue weighted by atomic mass is 32.2. The Morgan fingerprint density at radius 3 is 2.31 bits per heavy atom. The zero-order chi connectivity index (χ0) is 27.6. The van der Waals surface area contributed by atoms with Crippen molar-refractivity contribution in [2.45, 2.75) is 96.7 Å². The largest absolute Gasteiger partial charge is 0.444 e. The molecule has 12 heteroatoms. The van der Waals surface area contributed by atoms with E-state index in [1.807, 2.05) is 0 Å². The van der Waals surface area contributed by atoms with E-state index in [0.717, 1.165) is 6.07 Å². The van der Waals surface area contributed by atoms with Crippen LogP contribution in [0.5, 0.6) is 0 Å². The molecule has 1 aromatic carbocycles. The van der Waals surface area contributed by atoms with E-state index in [1.165, 1.54) is 23.1 Å². The van der Waals surface area contributed by atoms with Gasteiger partial charge in [0, 0.05) is 12.1 Å². The van der Waals surface area contributed by atoms with Crippen molar-refractivity contribution in [1.82, 2.24) is 4.90 Å². The van der Waals surface area contributed by atoms with E-state index < -0.39 is 47.9 Å². The van der Waals surface area contributed by atoms with Crippen molar-refractivity contribution in [2.75, 3.05) is 6.54 Å². The van der Waals surface area contributed by atoms with Crippen LogP contribution in [0, 0.1) is 21.4 Å². The smallest absolute Gasteiger partial charge is 0.410 e. The lowest BCUT2D eigenvalue weighted by atomic mass is 9.73. The van der Waals surface area contributed by atoms with Gasteiger partial charge in [-0.05, 0) is 57.7 Å². The van der Waals surface area contributed by atoms with E-state index in [2.05, 4.69) is 40.8 Å². The van der Waals surface area contributed by atoms with Gasteiger partial charge in [0.15, 0.2) is 9.04 Å². The molecular weight excluding hydrogens is 504 g/mol. The molecule has 0 aromatic heterocycles. The van der Waals surface area contributed by atoms with Gasteiger partial charge in [0.05, 0.1) is 29.7 Å². The number of rotatable bonds is 9. The summed E-state index contributed by atoms with van der Waals surface area (Å²) >= 11 is 0. The first kappa shape index (κ1) is 30.2. The Hall–Kier alpha value is -2.02. The average molecular weight is 545 g/mol. The molecule has 204 valence electrons. The number of likely N-dealkylation sites (tertiary alicyclic amines) is 1. The van der Waals surface area contributed by atoms with Gasteiger partial charge >= 0.3 is 6.09 Å². The van der Waals surface area contributed by atoms with Crippen LogP contribution in [0.25, 0.3) is 0 Å². The summed E-state index contributed by atoms with van der Waals surface area (Å²) in [6.45, 7) is 17.7. The first-order valence-corrected chi connectivity index (χ1v) is 16.4. The van der Waals surface area contributed by atoms with Crippen LogP contribution in [0.1, 0.15) is 54.9 Å². The summed E-state index contributed by atoms with van der Waals surface area (Å²) in [6, 6.07) is 4.24. The normalized spacial score (nSPS) is 20.1. The Labute approximate surface area is 216 Å². The van der Waals surface area contributed by atoms with Crippen molar-refractivity contribution >= 4 is 30.9 Å². The topological polar surface area (TPSA) is 125 Å². The first-order chi connectivity index (χ1) is 16.3. The van der Waals surface area contributed by atoms with Gasteiger partial charge in [0.1, 0.15) is 10.5 Å². The second-order valence-corrected chi connectivity index (χ2v) is 15.4. The van der Waals surface area contributed by atoms with Crippen LogP contribution in [0.15, 0.2) is 29.2 Å². The van der Waals surface area contributed by atoms with E-state index in [0.29, 0.717) is 0 Å². The molecule has 1 fully saturated rings. The van der Waals surface area contributed by atoms with Crippen LogP contribution in [0.3, 0.4) is 0 Å². The third kappa shape index (κ3) is 7.50. The van der Waals surface area contributed by atoms with Crippen molar-refractivity contribution in [2.24, 2.45) is 11.3 Å². The Bertz CT molecular complexity index is 1050. The quantitative estimate of drug-likeness (QED) is 0.189. The molecule has 10 nitrogen and oxygen atoms in total. The molecule has 0 radical (unpaired) electrons. The highest BCUT2D eigenvalue weighted by molar-refractivity contribution is 7.86. The van der Waals surface area contributed by atoms with Crippen molar-refractivity contribution in [3.63, 3.8) is 0 Å². The Balaban J connectivity index is 2.43. The number of amides is 1. The maximum atomic E-state index is 13.2. The molecule has 1 unspecified atom stereocenters. The third-order valence-electron chi connectivity index (χ3n) is 6.50. The molecule has 0 saturated carbocycles. The van der Waals surface area contributed by atoms with Gasteiger partial charge in [-0.3, -0.25) is 19.2 Å². The second kappa shape index (κ2) is 11.2. The van der Waals surface area contributed by atoms with E-state index in [9.17, 15) is 23.3 Å². The number of nitro groups is 1. The second-order valence-electron chi connectivity index (χ2n) is 11.4. The molecular formula is C24H40N2O8SSi. The molecule has 0 aliphatic carbocycles. The van der Waals surface area contributed by atoms with Gasteiger partial charge in [0.2, 0.25) is 0 Å². The summed E-state index contributed by atoms with van der Waals surface area (Å²) in [4.78, 5) is 24.9. The lowest BCUT2D eigenvalue weighted by Gasteiger charge is -2.44. The van der Waals surface area contributed by atoms with Crippen molar-refractivity contribution < 1.29 is 31.5 Å². The lowest BCUT2D eigenvalue weighted by Crippen LogP contribution is -2.53. The van der Waals surface area contributed by atoms with Gasteiger partial charge < -0.3 is 9.16 Å². The average Bonchev–Trinajstić information content (AvgIpc) is 3.13. The summed E-state index contributed by atoms with van der Waals surface area (Å²) in [5.41, 5.74) is -1.43. The number of ether oxygens (including phenoxy) is 1. The van der Waals surface area contributed by atoms with Crippen LogP contribution in [0.2, 0.25) is 13.1 Å². The Morgan fingerprint density at radius 1 is 1.19 bits per heavy atom. The fraction of sp³-hybridized carbons (Fsp3) is 0.708. The van der Waals surface area contributed by atoms with Crippen molar-refractivity contribution in [3.8, 4) is 0 Å². The molecule has 1 saturated heterocycles. The predicted molar refractivity (Wildman–Crippen MR) is 139 cm³/mol. The number of hydrogen-bond donors (Lipinski definition) is 0. The number of nitrogens with zero attached hydrogens (tertiary/aromatic N) is 2. The van der Waals surface area contributed by atoms with Gasteiger partial charge in [0.25, 0.3) is 15.8 Å². The van der Waals surface area contributed by atoms with Crippen molar-refractivity contribution in [1.29, 1.82) is 0 Å². The monoisotopic (exact) mass is 544 g/mol. The summed E-state index contributed by atoms with van der Waals surface area (Å²) < 4.78 is 43.7. The number of benzene rings is 1. The maximum absolute atomic E-state index is 13.2. The molecule has 2 rings (SSSR count). The third-order valence-corrected chi connectivity index (χ3v) is 8.70. The number of carbonyl (C=O) groups is 1. The molecule has 0 N–H and O–H groups in total. The van der Waals surface area contributed by atoms with E-state index in [1.54, 1.807) is 20.8 Å². The Morgan fingerprint density at radius 2 is 1.81 bits per heavy atom. The summed E-state index contributed by atoms with van der Waals surface area (Å²) in [6.07, 6.45) is -1.58. The van der Waals surface area contributed by atoms with E-state index in [4.69, 9.17) is 13.3 Å². The minimum absolute atomic E-state index is 0.0125. The first-order valence-electron chi connectivity index (χ1n) is 12.2. The minimum Gasteiger partial charge on any atom is -0.444 e. The van der Waals surface area contributed by atoms with Gasteiger partial charge in [-0.2, -0.15) is 8.42 Å². The number of nitro benzene ring substituents is 1. The fourth-order valence-corrected chi connectivity index (χ4v) is 6.32. The molecule has 1 aliphatic heterocycles. The Kier molecular flexibility index (Phi) is 9.36. The lowest BCUT2D eigenvalue weighted by molar-refractivity contribution is -0.385. The van der Waals surface area contributed by atoms with Crippen LogP contribution in [0.4, 0.5) is 10.5 Å². The molecule has 36 heavy (non-hydrogen) atoms. The van der Waals surface area contributed by atoms with Crippen LogP contribution < -0.4 is 0 Å². The van der Waals surface area contributed by atoms with Gasteiger partial charge in [-0.25, -0.2) is 4.79 Å². The highest BCUT2D eigenvalue weighted by Gasteiger charge is 2.49. The SMILES string of the molecule is CC(C)C(C)(C)C(O[SiH](C)C)[C@H]1C[C@@H](OS(=O)(=O)c2cccc([N+](=O)[O-])c2)CN1C(=O)OC(C)(C)C. The number of hydrogen-bond acceptors (Lipinski definition) is 8. The van der Waals surface area contributed by atoms with Crippen molar-refractivity contribution in [3.05, 3.63) is 34.4 Å². The molecule has 1 heterocycles. The zero-order valence-corrected chi connectivity index (χ0v) is 24.7. The number of non-ortho nitro benzene ring substituents is 1. The summed E-state index contributed by atoms with van der Waals surface area (Å²) in [5.74, 6) is 0.212. The molecule has 3 atom stereocenters. The van der Waals surface area contributed by atoms with Gasteiger partial charge in [-0.1, -0.05) is 33.8 Å². The van der Waals surface area contributed by atoms with E-state index in [-0.39, 0.29) is 41.0 Å². The van der Waals surface area contributed by atoms with Crippen LogP contribution in [-0.2, 0) is 23.5 Å². The standard InChI is InChI=1S/C24H40N2O8SSi/c1-16(2)24(6,7)21(34-36(8)9)20-14-18(15-25(20)22(27)32-23(3,4)5)33-35(30,31)19-12-10-11-17(13-19)26(28)29/h10-13,16,18,20-21,36H,14-15H2,1-9H3/t18-,20-,21?/m1/s1.